The van der Waals surface area contributed by atoms with E-state index in [1.54, 1.807) is 0 Å². The fourth-order valence-corrected chi connectivity index (χ4v) is 2.04. The number of nitrogens with two attached hydrogens (primary N) is 1. The lowest BCUT2D eigenvalue weighted by Crippen LogP contribution is -2.51. The third-order valence-corrected chi connectivity index (χ3v) is 3.21. The number of piperazine rings is 1. The highest BCUT2D eigenvalue weighted by Gasteiger charge is 2.21. The Labute approximate surface area is 104 Å². The molecule has 0 aliphatic carbocycles. The van der Waals surface area contributed by atoms with Gasteiger partial charge in [-0.3, -0.25) is 9.69 Å². The first-order valence-electron chi connectivity index (χ1n) is 6.55. The number of unbranched alkanes of at least 4 members (excludes halogenated alkanes) is 1. The van der Waals surface area contributed by atoms with Crippen molar-refractivity contribution in [3.05, 3.63) is 0 Å². The van der Waals surface area contributed by atoms with Crippen LogP contribution in [0.3, 0.4) is 0 Å². The van der Waals surface area contributed by atoms with Crippen molar-refractivity contribution in [3.8, 4) is 0 Å². The van der Waals surface area contributed by atoms with Crippen LogP contribution in [0.4, 0.5) is 0 Å². The van der Waals surface area contributed by atoms with Gasteiger partial charge < -0.3 is 15.7 Å². The lowest BCUT2D eigenvalue weighted by Gasteiger charge is -2.35. The number of aliphatic hydroxyl groups is 1. The van der Waals surface area contributed by atoms with Crippen molar-refractivity contribution >= 4 is 5.91 Å². The Morgan fingerprint density at radius 1 is 1.35 bits per heavy atom. The third kappa shape index (κ3) is 5.02. The zero-order chi connectivity index (χ0) is 12.7. The molecular weight excluding hydrogens is 218 g/mol. The molecule has 0 spiro atoms. The average Bonchev–Trinajstić information content (AvgIpc) is 2.36. The minimum Gasteiger partial charge on any atom is -0.390 e. The first-order valence-corrected chi connectivity index (χ1v) is 6.55. The number of rotatable bonds is 6. The van der Waals surface area contributed by atoms with Gasteiger partial charge in [0.1, 0.15) is 0 Å². The summed E-state index contributed by atoms with van der Waals surface area (Å²) >= 11 is 0. The van der Waals surface area contributed by atoms with Crippen LogP contribution >= 0.6 is 0 Å². The minimum absolute atomic E-state index is 0.269. The Bertz CT molecular complexity index is 228. The molecule has 5 heteroatoms. The molecule has 1 amide bonds. The maximum atomic E-state index is 11.8. The molecule has 0 aromatic carbocycles. The number of carbonyl (C=O) groups is 1. The van der Waals surface area contributed by atoms with Gasteiger partial charge in [-0.15, -0.1) is 0 Å². The molecule has 1 saturated heterocycles. The highest BCUT2D eigenvalue weighted by molar-refractivity contribution is 5.76. The number of hydrogen-bond acceptors (Lipinski definition) is 4. The van der Waals surface area contributed by atoms with E-state index in [2.05, 4.69) is 11.8 Å². The summed E-state index contributed by atoms with van der Waals surface area (Å²) in [5.74, 6) is 0.269. The molecule has 0 bridgehead atoms. The minimum atomic E-state index is -0.447. The van der Waals surface area contributed by atoms with E-state index < -0.39 is 6.10 Å². The van der Waals surface area contributed by atoms with E-state index in [1.165, 1.54) is 0 Å². The van der Waals surface area contributed by atoms with E-state index in [1.807, 2.05) is 4.90 Å². The molecule has 1 aliphatic rings. The molecule has 1 rings (SSSR count). The third-order valence-electron chi connectivity index (χ3n) is 3.21. The second-order valence-electron chi connectivity index (χ2n) is 4.67. The predicted molar refractivity (Wildman–Crippen MR) is 67.6 cm³/mol. The number of β-amino-alcohol motifs (C(OH)–C–C–N with tert-alkyl or cyclic N) is 1. The number of carbonyl (C=O) groups excluding carboxylic acids is 1. The lowest BCUT2D eigenvalue weighted by atomic mass is 10.2. The van der Waals surface area contributed by atoms with Crippen LogP contribution in [0, 0.1) is 0 Å². The molecule has 3 N–H and O–H groups in total. The van der Waals surface area contributed by atoms with Crippen LogP contribution in [-0.2, 0) is 4.79 Å². The van der Waals surface area contributed by atoms with Crippen molar-refractivity contribution in [1.82, 2.24) is 9.80 Å². The van der Waals surface area contributed by atoms with Crippen LogP contribution in [0.5, 0.6) is 0 Å². The smallest absolute Gasteiger partial charge is 0.222 e. The molecule has 1 atom stereocenters. The van der Waals surface area contributed by atoms with Crippen LogP contribution in [0.2, 0.25) is 0 Å². The normalized spacial score (nSPS) is 19.4. The summed E-state index contributed by atoms with van der Waals surface area (Å²) in [6, 6.07) is 0. The number of aliphatic hydroxyl groups excluding tert-OH is 1. The highest BCUT2D eigenvalue weighted by atomic mass is 16.3. The van der Waals surface area contributed by atoms with Crippen molar-refractivity contribution < 1.29 is 9.90 Å². The van der Waals surface area contributed by atoms with Gasteiger partial charge in [0.2, 0.25) is 5.91 Å². The molecule has 0 aromatic rings. The monoisotopic (exact) mass is 243 g/mol. The zero-order valence-corrected chi connectivity index (χ0v) is 10.8. The summed E-state index contributed by atoms with van der Waals surface area (Å²) in [6.07, 6.45) is 2.26. The topological polar surface area (TPSA) is 69.8 Å². The Morgan fingerprint density at radius 3 is 2.53 bits per heavy atom. The Morgan fingerprint density at radius 2 is 2.00 bits per heavy atom. The number of amides is 1. The summed E-state index contributed by atoms with van der Waals surface area (Å²) in [5.41, 5.74) is 5.38. The van der Waals surface area contributed by atoms with Crippen molar-refractivity contribution in [2.75, 3.05) is 39.3 Å². The first-order chi connectivity index (χ1) is 8.17. The van der Waals surface area contributed by atoms with Gasteiger partial charge in [-0.05, 0) is 6.42 Å². The Balaban J connectivity index is 2.23. The molecule has 17 heavy (non-hydrogen) atoms. The van der Waals surface area contributed by atoms with Crippen molar-refractivity contribution in [2.45, 2.75) is 32.3 Å². The van der Waals surface area contributed by atoms with E-state index in [-0.39, 0.29) is 5.91 Å². The quantitative estimate of drug-likeness (QED) is 0.668. The van der Waals surface area contributed by atoms with Gasteiger partial charge in [0.15, 0.2) is 0 Å². The van der Waals surface area contributed by atoms with Crippen LogP contribution in [0.15, 0.2) is 0 Å². The van der Waals surface area contributed by atoms with Gasteiger partial charge in [-0.25, -0.2) is 0 Å². The van der Waals surface area contributed by atoms with Gasteiger partial charge in [0, 0.05) is 45.7 Å². The SMILES string of the molecule is CCCCC(=O)N1CCN(CC(O)CN)CC1. The molecule has 1 fully saturated rings. The standard InChI is InChI=1S/C12H25N3O2/c1-2-3-4-12(17)15-7-5-14(6-8-15)10-11(16)9-13/h11,16H,2-10,13H2,1H3. The van der Waals surface area contributed by atoms with Crippen LogP contribution in [-0.4, -0.2) is 66.2 Å². The maximum absolute atomic E-state index is 11.8. The maximum Gasteiger partial charge on any atom is 0.222 e. The van der Waals surface area contributed by atoms with Gasteiger partial charge in [-0.1, -0.05) is 13.3 Å². The summed E-state index contributed by atoms with van der Waals surface area (Å²) in [7, 11) is 0. The molecule has 0 radical (unpaired) electrons. The molecule has 1 aliphatic heterocycles. The van der Waals surface area contributed by atoms with E-state index in [4.69, 9.17) is 5.73 Å². The van der Waals surface area contributed by atoms with Crippen LogP contribution in [0.25, 0.3) is 0 Å². The first kappa shape index (κ1) is 14.4. The predicted octanol–water partition coefficient (Wildman–Crippen LogP) is -0.360. The lowest BCUT2D eigenvalue weighted by molar-refractivity contribution is -0.133. The summed E-state index contributed by atoms with van der Waals surface area (Å²) in [5, 5.41) is 9.45. The van der Waals surface area contributed by atoms with E-state index in [0.717, 1.165) is 39.0 Å². The van der Waals surface area contributed by atoms with Crippen LogP contribution in [0.1, 0.15) is 26.2 Å². The van der Waals surface area contributed by atoms with Gasteiger partial charge in [-0.2, -0.15) is 0 Å². The Hall–Kier alpha value is -0.650. The van der Waals surface area contributed by atoms with Crippen molar-refractivity contribution in [3.63, 3.8) is 0 Å². The molecule has 0 aromatic heterocycles. The summed E-state index contributed by atoms with van der Waals surface area (Å²) in [4.78, 5) is 15.9. The van der Waals surface area contributed by atoms with Crippen LogP contribution < -0.4 is 5.73 Å². The second-order valence-corrected chi connectivity index (χ2v) is 4.67. The van der Waals surface area contributed by atoms with Crippen molar-refractivity contribution in [2.24, 2.45) is 5.73 Å². The molecular formula is C12H25N3O2. The zero-order valence-electron chi connectivity index (χ0n) is 10.8. The van der Waals surface area contributed by atoms with Gasteiger partial charge >= 0.3 is 0 Å². The molecule has 100 valence electrons. The summed E-state index contributed by atoms with van der Waals surface area (Å²) in [6.45, 7) is 6.26. The number of nitrogens with zero attached hydrogens (tertiary/aromatic N) is 2. The fraction of sp³-hybridized carbons (Fsp3) is 0.917. The van der Waals surface area contributed by atoms with Gasteiger partial charge in [0.05, 0.1) is 6.10 Å². The second kappa shape index (κ2) is 7.63. The van der Waals surface area contributed by atoms with E-state index in [0.29, 0.717) is 19.5 Å². The van der Waals surface area contributed by atoms with E-state index >= 15 is 0 Å². The molecule has 5 nitrogen and oxygen atoms in total. The highest BCUT2D eigenvalue weighted by Crippen LogP contribution is 2.06. The average molecular weight is 243 g/mol. The Kier molecular flexibility index (Phi) is 6.47. The summed E-state index contributed by atoms with van der Waals surface area (Å²) < 4.78 is 0. The van der Waals surface area contributed by atoms with Gasteiger partial charge in [0.25, 0.3) is 0 Å². The van der Waals surface area contributed by atoms with Crippen molar-refractivity contribution in [1.29, 1.82) is 0 Å². The molecule has 1 heterocycles. The van der Waals surface area contributed by atoms with E-state index in [9.17, 15) is 9.90 Å². The largest absolute Gasteiger partial charge is 0.390 e. The number of hydrogen-bond donors (Lipinski definition) is 2. The molecule has 0 saturated carbocycles. The fourth-order valence-electron chi connectivity index (χ4n) is 2.04. The molecule has 1 unspecified atom stereocenters.